The van der Waals surface area contributed by atoms with Crippen molar-refractivity contribution in [2.45, 2.75) is 83.5 Å². The van der Waals surface area contributed by atoms with E-state index in [1.54, 1.807) is 9.58 Å². The fourth-order valence-corrected chi connectivity index (χ4v) is 5.42. The number of carbonyl (C=O) groups excluding carboxylic acids is 2. The molecule has 2 heterocycles. The average molecular weight is 485 g/mol. The first-order chi connectivity index (χ1) is 17.3. The van der Waals surface area contributed by atoms with Crippen LogP contribution in [0.4, 0.5) is 0 Å². The van der Waals surface area contributed by atoms with Crippen molar-refractivity contribution >= 4 is 11.8 Å². The van der Waals surface area contributed by atoms with Crippen LogP contribution in [0.15, 0.2) is 60.7 Å². The summed E-state index contributed by atoms with van der Waals surface area (Å²) < 4.78 is 1.73. The molecule has 0 radical (unpaired) electrons. The molecule has 6 nitrogen and oxygen atoms in total. The predicted molar refractivity (Wildman–Crippen MR) is 141 cm³/mol. The summed E-state index contributed by atoms with van der Waals surface area (Å²) in [5, 5.41) is 8.08. The van der Waals surface area contributed by atoms with Gasteiger partial charge in [0.1, 0.15) is 11.2 Å². The number of aromatic nitrogens is 2. The third kappa shape index (κ3) is 4.69. The van der Waals surface area contributed by atoms with E-state index in [4.69, 9.17) is 5.10 Å². The minimum absolute atomic E-state index is 0.0948. The van der Waals surface area contributed by atoms with E-state index in [1.807, 2.05) is 43.3 Å². The van der Waals surface area contributed by atoms with Gasteiger partial charge in [0.15, 0.2) is 0 Å². The molecule has 1 saturated carbocycles. The van der Waals surface area contributed by atoms with Gasteiger partial charge in [-0.1, -0.05) is 87.7 Å². The second-order valence-electron chi connectivity index (χ2n) is 10.8. The molecule has 36 heavy (non-hydrogen) atoms. The molecular formula is C30H36N4O2. The van der Waals surface area contributed by atoms with E-state index in [-0.39, 0.29) is 17.9 Å². The Morgan fingerprint density at radius 2 is 1.75 bits per heavy atom. The first-order valence-corrected chi connectivity index (χ1v) is 13.2. The maximum Gasteiger partial charge on any atom is 0.273 e. The third-order valence-corrected chi connectivity index (χ3v) is 7.78. The Labute approximate surface area is 213 Å². The van der Waals surface area contributed by atoms with Crippen LogP contribution in [0, 0.1) is 0 Å². The molecule has 1 atom stereocenters. The molecule has 3 aromatic rings. The molecule has 0 spiro atoms. The van der Waals surface area contributed by atoms with Crippen molar-refractivity contribution in [2.75, 3.05) is 0 Å². The average Bonchev–Trinajstić information content (AvgIpc) is 3.32. The highest BCUT2D eigenvalue weighted by Crippen LogP contribution is 2.32. The molecular weight excluding hydrogens is 448 g/mol. The highest BCUT2D eigenvalue weighted by atomic mass is 16.2. The second kappa shape index (κ2) is 9.92. The van der Waals surface area contributed by atoms with E-state index in [9.17, 15) is 9.59 Å². The summed E-state index contributed by atoms with van der Waals surface area (Å²) in [5.74, 6) is 0.192. The number of carbonyl (C=O) groups is 2. The molecule has 6 heteroatoms. The number of nitrogens with zero attached hydrogens (tertiary/aromatic N) is 3. The van der Waals surface area contributed by atoms with Crippen molar-refractivity contribution in [3.63, 3.8) is 0 Å². The van der Waals surface area contributed by atoms with Crippen molar-refractivity contribution in [1.29, 1.82) is 0 Å². The summed E-state index contributed by atoms with van der Waals surface area (Å²) in [6.07, 6.45) is 5.49. The lowest BCUT2D eigenvalue weighted by molar-refractivity contribution is -0.134. The van der Waals surface area contributed by atoms with E-state index in [0.717, 1.165) is 42.5 Å². The highest BCUT2D eigenvalue weighted by Gasteiger charge is 2.48. The molecule has 5 rings (SSSR count). The van der Waals surface area contributed by atoms with Gasteiger partial charge in [0.05, 0.1) is 12.2 Å². The molecule has 1 aromatic heterocycles. The van der Waals surface area contributed by atoms with Gasteiger partial charge in [0, 0.05) is 18.2 Å². The van der Waals surface area contributed by atoms with Gasteiger partial charge in [-0.25, -0.2) is 0 Å². The maximum absolute atomic E-state index is 13.9. The fourth-order valence-electron chi connectivity index (χ4n) is 5.42. The number of hydrogen-bond donors (Lipinski definition) is 1. The number of amides is 2. The Bertz CT molecular complexity index is 1230. The quantitative estimate of drug-likeness (QED) is 0.500. The second-order valence-corrected chi connectivity index (χ2v) is 10.8. The van der Waals surface area contributed by atoms with Gasteiger partial charge in [-0.15, -0.1) is 0 Å². The van der Waals surface area contributed by atoms with E-state index >= 15 is 0 Å². The summed E-state index contributed by atoms with van der Waals surface area (Å²) in [7, 11) is 0. The van der Waals surface area contributed by atoms with Crippen molar-refractivity contribution in [2.24, 2.45) is 0 Å². The zero-order valence-electron chi connectivity index (χ0n) is 21.5. The molecule has 2 amide bonds. The molecule has 2 aliphatic rings. The lowest BCUT2D eigenvalue weighted by Crippen LogP contribution is -2.64. The van der Waals surface area contributed by atoms with Crippen molar-refractivity contribution in [1.82, 2.24) is 20.0 Å². The zero-order valence-corrected chi connectivity index (χ0v) is 21.5. The van der Waals surface area contributed by atoms with Crippen LogP contribution >= 0.6 is 0 Å². The minimum Gasteiger partial charge on any atom is -0.351 e. The van der Waals surface area contributed by atoms with Gasteiger partial charge >= 0.3 is 0 Å². The van der Waals surface area contributed by atoms with Gasteiger partial charge in [0.25, 0.3) is 5.91 Å². The number of fused-ring (bicyclic) bond motifs is 1. The van der Waals surface area contributed by atoms with Crippen LogP contribution < -0.4 is 5.32 Å². The van der Waals surface area contributed by atoms with E-state index in [2.05, 4.69) is 43.4 Å². The first kappa shape index (κ1) is 24.3. The summed E-state index contributed by atoms with van der Waals surface area (Å²) in [6, 6.07) is 20.3. The summed E-state index contributed by atoms with van der Waals surface area (Å²) >= 11 is 0. The van der Waals surface area contributed by atoms with Crippen LogP contribution in [0.25, 0.3) is 11.3 Å². The number of rotatable bonds is 6. The zero-order chi connectivity index (χ0) is 25.3. The van der Waals surface area contributed by atoms with Crippen molar-refractivity contribution < 1.29 is 9.59 Å². The summed E-state index contributed by atoms with van der Waals surface area (Å²) in [6.45, 7) is 6.92. The summed E-state index contributed by atoms with van der Waals surface area (Å²) in [4.78, 5) is 29.4. The largest absolute Gasteiger partial charge is 0.351 e. The van der Waals surface area contributed by atoms with Crippen LogP contribution in [0.1, 0.15) is 80.4 Å². The van der Waals surface area contributed by atoms with Crippen LogP contribution in [0.5, 0.6) is 0 Å². The van der Waals surface area contributed by atoms with Crippen LogP contribution in [0.3, 0.4) is 0 Å². The maximum atomic E-state index is 13.9. The van der Waals surface area contributed by atoms with E-state index < -0.39 is 5.54 Å². The molecule has 188 valence electrons. The highest BCUT2D eigenvalue weighted by molar-refractivity contribution is 6.00. The molecule has 1 fully saturated rings. The van der Waals surface area contributed by atoms with Crippen LogP contribution in [-0.4, -0.2) is 38.1 Å². The van der Waals surface area contributed by atoms with Crippen LogP contribution in [-0.2, 0) is 17.9 Å². The number of benzene rings is 2. The Hall–Kier alpha value is -3.41. The molecule has 0 bridgehead atoms. The Balaban J connectivity index is 1.49. The van der Waals surface area contributed by atoms with E-state index in [1.165, 1.54) is 12.0 Å². The van der Waals surface area contributed by atoms with Gasteiger partial charge in [-0.3, -0.25) is 14.3 Å². The lowest BCUT2D eigenvalue weighted by Gasteiger charge is -2.44. The topological polar surface area (TPSA) is 67.2 Å². The normalized spacial score (nSPS) is 20.4. The summed E-state index contributed by atoms with van der Waals surface area (Å²) in [5.41, 5.74) is 3.47. The Morgan fingerprint density at radius 3 is 2.42 bits per heavy atom. The SMILES string of the molecule is CC(C)c1ccc(-c2cc3n(n2)CC(C)(C(=O)NC2CCCCC2)N(Cc2ccccc2)C3=O)cc1. The standard InChI is InChI=1S/C30H36N4O2/c1-21(2)23-14-16-24(17-15-23)26-18-27-28(35)33(19-22-10-6-4-7-11-22)30(3,20-34(27)32-26)29(36)31-25-12-8-5-9-13-25/h4,6-7,10-11,14-18,21,25H,5,8-9,12-13,19-20H2,1-3H3,(H,31,36). The molecule has 0 saturated heterocycles. The van der Waals surface area contributed by atoms with Gasteiger partial charge in [-0.2, -0.15) is 5.10 Å². The van der Waals surface area contributed by atoms with Gasteiger partial charge in [-0.05, 0) is 42.9 Å². The number of hydrogen-bond acceptors (Lipinski definition) is 3. The minimum atomic E-state index is -1.04. The van der Waals surface area contributed by atoms with Gasteiger partial charge < -0.3 is 10.2 Å². The number of nitrogens with one attached hydrogen (secondary N) is 1. The smallest absolute Gasteiger partial charge is 0.273 e. The van der Waals surface area contributed by atoms with Crippen molar-refractivity contribution in [3.8, 4) is 11.3 Å². The Morgan fingerprint density at radius 1 is 1.06 bits per heavy atom. The lowest BCUT2D eigenvalue weighted by atomic mass is 9.91. The fraction of sp³-hybridized carbons (Fsp3) is 0.433. The molecule has 1 aliphatic heterocycles. The molecule has 2 aromatic carbocycles. The van der Waals surface area contributed by atoms with E-state index in [0.29, 0.717) is 24.7 Å². The molecule has 1 unspecified atom stereocenters. The Kier molecular flexibility index (Phi) is 6.69. The van der Waals surface area contributed by atoms with Crippen LogP contribution in [0.2, 0.25) is 0 Å². The predicted octanol–water partition coefficient (Wildman–Crippen LogP) is 5.54. The third-order valence-electron chi connectivity index (χ3n) is 7.78. The monoisotopic (exact) mass is 484 g/mol. The first-order valence-electron chi connectivity index (χ1n) is 13.2. The molecule has 1 N–H and O–H groups in total. The molecule has 1 aliphatic carbocycles. The van der Waals surface area contributed by atoms with Gasteiger partial charge in [0.2, 0.25) is 5.91 Å². The van der Waals surface area contributed by atoms with Crippen molar-refractivity contribution in [3.05, 3.63) is 77.5 Å².